The molecule has 1 saturated heterocycles. The fraction of sp³-hybridized carbons (Fsp3) is 0.316. The minimum atomic E-state index is -0.853. The van der Waals surface area contributed by atoms with Gasteiger partial charge in [0.05, 0.1) is 7.11 Å². The number of carbonyl (C=O) groups is 1. The molecule has 3 rings (SSSR count). The topological polar surface area (TPSA) is 90.7 Å². The highest BCUT2D eigenvalue weighted by Crippen LogP contribution is 2.34. The van der Waals surface area contributed by atoms with Crippen LogP contribution in [-0.2, 0) is 11.4 Å². The molecule has 0 unspecified atom stereocenters. The van der Waals surface area contributed by atoms with Crippen LogP contribution in [0.5, 0.6) is 11.5 Å². The van der Waals surface area contributed by atoms with Crippen molar-refractivity contribution in [3.05, 3.63) is 69.8 Å². The van der Waals surface area contributed by atoms with Gasteiger partial charge in [-0.25, -0.2) is 0 Å². The van der Waals surface area contributed by atoms with Crippen LogP contribution in [0.25, 0.3) is 0 Å². The van der Waals surface area contributed by atoms with Crippen molar-refractivity contribution >= 4 is 5.91 Å². The number of benzene rings is 2. The van der Waals surface area contributed by atoms with Gasteiger partial charge in [0.2, 0.25) is 11.9 Å². The minimum absolute atomic E-state index is 0.164. The number of hydrogen-bond acceptors (Lipinski definition) is 5. The van der Waals surface area contributed by atoms with Gasteiger partial charge >= 0.3 is 0 Å². The Kier molecular flexibility index (Phi) is 5.36. The molecular formula is C19H20N2O5. The Hall–Kier alpha value is -3.09. The van der Waals surface area contributed by atoms with E-state index in [4.69, 9.17) is 9.47 Å². The Balaban J connectivity index is 1.81. The summed E-state index contributed by atoms with van der Waals surface area (Å²) in [6.07, 6.45) is 0.385. The lowest BCUT2D eigenvalue weighted by Gasteiger charge is -2.27. The van der Waals surface area contributed by atoms with E-state index in [1.807, 2.05) is 30.3 Å². The number of hydrogen-bond donors (Lipinski definition) is 1. The van der Waals surface area contributed by atoms with Crippen LogP contribution in [0.3, 0.4) is 0 Å². The first-order chi connectivity index (χ1) is 12.6. The highest BCUT2D eigenvalue weighted by molar-refractivity contribution is 5.77. The second kappa shape index (κ2) is 7.86. The predicted octanol–water partition coefficient (Wildman–Crippen LogP) is 2.87. The van der Waals surface area contributed by atoms with Gasteiger partial charge in [-0.1, -0.05) is 36.4 Å². The maximum Gasteiger partial charge on any atom is 0.237 e. The number of ether oxygens (including phenoxy) is 2. The van der Waals surface area contributed by atoms with Gasteiger partial charge in [-0.2, -0.15) is 0 Å². The van der Waals surface area contributed by atoms with E-state index in [-0.39, 0.29) is 23.7 Å². The van der Waals surface area contributed by atoms with Gasteiger partial charge < -0.3 is 14.8 Å². The summed E-state index contributed by atoms with van der Waals surface area (Å²) in [5.74, 6) is 0.830. The first-order valence-electron chi connectivity index (χ1n) is 8.36. The molecule has 0 bridgehead atoms. The Labute approximate surface area is 151 Å². The number of carbonyl (C=O) groups excluding carboxylic acids is 1. The smallest absolute Gasteiger partial charge is 0.237 e. The molecule has 0 radical (unpaired) electrons. The monoisotopic (exact) mass is 356 g/mol. The summed E-state index contributed by atoms with van der Waals surface area (Å²) < 4.78 is 11.2. The van der Waals surface area contributed by atoms with Crippen LogP contribution in [0.1, 0.15) is 30.0 Å². The van der Waals surface area contributed by atoms with E-state index in [1.54, 1.807) is 18.2 Å². The van der Waals surface area contributed by atoms with E-state index in [2.05, 4.69) is 5.32 Å². The van der Waals surface area contributed by atoms with Crippen LogP contribution >= 0.6 is 0 Å². The maximum atomic E-state index is 11.7. The summed E-state index contributed by atoms with van der Waals surface area (Å²) in [7, 11) is 1.51. The van der Waals surface area contributed by atoms with Gasteiger partial charge in [-0.3, -0.25) is 14.9 Å². The van der Waals surface area contributed by atoms with E-state index < -0.39 is 12.1 Å². The fourth-order valence-electron chi connectivity index (χ4n) is 3.05. The maximum absolute atomic E-state index is 11.7. The van der Waals surface area contributed by atoms with Gasteiger partial charge in [-0.05, 0) is 23.3 Å². The highest BCUT2D eigenvalue weighted by Gasteiger charge is 2.38. The highest BCUT2D eigenvalue weighted by atomic mass is 16.6. The van der Waals surface area contributed by atoms with E-state index in [9.17, 15) is 14.9 Å². The molecule has 7 nitrogen and oxygen atoms in total. The Bertz CT molecular complexity index is 794. The summed E-state index contributed by atoms with van der Waals surface area (Å²) in [4.78, 5) is 22.7. The quantitative estimate of drug-likeness (QED) is 0.635. The van der Waals surface area contributed by atoms with Crippen molar-refractivity contribution in [2.75, 3.05) is 7.11 Å². The summed E-state index contributed by atoms with van der Waals surface area (Å²) in [5, 5.41) is 14.0. The average molecular weight is 356 g/mol. The molecule has 0 aromatic heterocycles. The van der Waals surface area contributed by atoms with Crippen LogP contribution in [-0.4, -0.2) is 24.0 Å². The molecular weight excluding hydrogens is 336 g/mol. The molecule has 2 aromatic rings. The van der Waals surface area contributed by atoms with Crippen molar-refractivity contribution in [2.24, 2.45) is 0 Å². The number of rotatable bonds is 6. The summed E-state index contributed by atoms with van der Waals surface area (Å²) in [5.41, 5.74) is 1.65. The van der Waals surface area contributed by atoms with Crippen LogP contribution in [0.2, 0.25) is 0 Å². The summed E-state index contributed by atoms with van der Waals surface area (Å²) in [6.45, 7) is 0.383. The third-order valence-electron chi connectivity index (χ3n) is 4.42. The first kappa shape index (κ1) is 17.7. The van der Waals surface area contributed by atoms with E-state index in [0.717, 1.165) is 5.56 Å². The van der Waals surface area contributed by atoms with Gasteiger partial charge in [0.15, 0.2) is 11.5 Å². The van der Waals surface area contributed by atoms with E-state index in [0.29, 0.717) is 23.7 Å². The molecule has 0 saturated carbocycles. The number of piperidine rings is 1. The zero-order valence-electron chi connectivity index (χ0n) is 14.4. The molecule has 1 aliphatic heterocycles. The number of nitrogens with zero attached hydrogens (tertiary/aromatic N) is 1. The van der Waals surface area contributed by atoms with Gasteiger partial charge in [0, 0.05) is 17.8 Å². The average Bonchev–Trinajstić information content (AvgIpc) is 2.66. The molecule has 1 heterocycles. The van der Waals surface area contributed by atoms with Crippen LogP contribution < -0.4 is 14.8 Å². The Morgan fingerprint density at radius 3 is 2.65 bits per heavy atom. The van der Waals surface area contributed by atoms with E-state index in [1.165, 1.54) is 7.11 Å². The second-order valence-electron chi connectivity index (χ2n) is 6.12. The molecule has 1 amide bonds. The largest absolute Gasteiger partial charge is 0.493 e. The molecule has 26 heavy (non-hydrogen) atoms. The molecule has 1 N–H and O–H groups in total. The number of nitrogens with one attached hydrogen (secondary N) is 1. The predicted molar refractivity (Wildman–Crippen MR) is 94.7 cm³/mol. The lowest BCUT2D eigenvalue weighted by Crippen LogP contribution is -2.45. The fourth-order valence-corrected chi connectivity index (χ4v) is 3.05. The van der Waals surface area contributed by atoms with Gasteiger partial charge in [0.25, 0.3) is 0 Å². The summed E-state index contributed by atoms with van der Waals surface area (Å²) >= 11 is 0. The number of amides is 1. The van der Waals surface area contributed by atoms with Gasteiger partial charge in [0.1, 0.15) is 12.6 Å². The van der Waals surface area contributed by atoms with Crippen molar-refractivity contribution in [2.45, 2.75) is 31.5 Å². The molecule has 136 valence electrons. The Morgan fingerprint density at radius 1 is 1.19 bits per heavy atom. The van der Waals surface area contributed by atoms with Crippen LogP contribution in [0.4, 0.5) is 0 Å². The molecule has 2 atom stereocenters. The lowest BCUT2D eigenvalue weighted by molar-refractivity contribution is -0.529. The zero-order chi connectivity index (χ0) is 18.5. The van der Waals surface area contributed by atoms with Crippen LogP contribution in [0, 0.1) is 10.1 Å². The Morgan fingerprint density at radius 2 is 1.96 bits per heavy atom. The third-order valence-corrected chi connectivity index (χ3v) is 4.42. The molecule has 1 aliphatic rings. The van der Waals surface area contributed by atoms with Crippen molar-refractivity contribution in [3.8, 4) is 11.5 Å². The van der Waals surface area contributed by atoms with Crippen molar-refractivity contribution in [3.63, 3.8) is 0 Å². The molecule has 0 spiro atoms. The first-order valence-corrected chi connectivity index (χ1v) is 8.36. The van der Waals surface area contributed by atoms with Crippen molar-refractivity contribution in [1.29, 1.82) is 0 Å². The molecule has 2 aromatic carbocycles. The van der Waals surface area contributed by atoms with Crippen molar-refractivity contribution in [1.82, 2.24) is 5.32 Å². The molecule has 7 heteroatoms. The summed E-state index contributed by atoms with van der Waals surface area (Å²) in [6, 6.07) is 13.3. The van der Waals surface area contributed by atoms with Gasteiger partial charge in [-0.15, -0.1) is 0 Å². The second-order valence-corrected chi connectivity index (χ2v) is 6.12. The normalized spacial score (nSPS) is 19.5. The molecule has 0 aliphatic carbocycles. The number of nitro groups is 1. The minimum Gasteiger partial charge on any atom is -0.493 e. The third kappa shape index (κ3) is 3.93. The standard InChI is InChI=1S/C19H20N2O5/c1-25-17-11-14(19-15(21(23)24)8-10-18(22)20-19)7-9-16(17)26-12-13-5-3-2-4-6-13/h2-7,9,11,15,19H,8,10,12H2,1H3,(H,20,22)/t15-,19+/m0/s1. The van der Waals surface area contributed by atoms with Crippen molar-refractivity contribution < 1.29 is 19.2 Å². The SMILES string of the molecule is COc1cc([C@H]2NC(=O)CC[C@@H]2[N+](=O)[O-])ccc1OCc1ccccc1. The number of methoxy groups -OCH3 is 1. The lowest BCUT2D eigenvalue weighted by atomic mass is 9.92. The molecule has 1 fully saturated rings. The van der Waals surface area contributed by atoms with Crippen LogP contribution in [0.15, 0.2) is 48.5 Å². The van der Waals surface area contributed by atoms with E-state index >= 15 is 0 Å². The zero-order valence-corrected chi connectivity index (χ0v) is 14.4.